The minimum atomic E-state index is -0.448. The molecule has 1 heterocycles. The molecule has 3 aromatic carbocycles. The summed E-state index contributed by atoms with van der Waals surface area (Å²) in [5.41, 5.74) is 3.96. The molecule has 0 aliphatic carbocycles. The molecule has 0 N–H and O–H groups in total. The van der Waals surface area contributed by atoms with Crippen LogP contribution in [0.4, 0.5) is 4.39 Å². The fourth-order valence-electron chi connectivity index (χ4n) is 2.89. The largest absolute Gasteiger partial charge is 0.228 e. The van der Waals surface area contributed by atoms with Gasteiger partial charge in [-0.3, -0.25) is 0 Å². The average molecular weight is 351 g/mol. The highest BCUT2D eigenvalue weighted by atomic mass is 19.1. The summed E-state index contributed by atoms with van der Waals surface area (Å²) in [6, 6.07) is 27.4. The number of hydrogen-bond donors (Lipinski definition) is 0. The normalized spacial score (nSPS) is 10.4. The van der Waals surface area contributed by atoms with Gasteiger partial charge in [-0.05, 0) is 24.3 Å². The molecular formula is C23H14FN3. The molecule has 0 saturated carbocycles. The van der Waals surface area contributed by atoms with Gasteiger partial charge in [0.2, 0.25) is 0 Å². The lowest BCUT2D eigenvalue weighted by Crippen LogP contribution is -1.97. The molecule has 3 nitrogen and oxygen atoms in total. The maximum absolute atomic E-state index is 13.6. The quantitative estimate of drug-likeness (QED) is 0.490. The first-order valence-electron chi connectivity index (χ1n) is 8.44. The number of halogens is 1. The van der Waals surface area contributed by atoms with E-state index in [1.807, 2.05) is 66.7 Å². The number of aromatic nitrogens is 2. The van der Waals surface area contributed by atoms with E-state index in [0.717, 1.165) is 16.8 Å². The third-order valence-corrected chi connectivity index (χ3v) is 4.21. The predicted molar refractivity (Wildman–Crippen MR) is 103 cm³/mol. The zero-order chi connectivity index (χ0) is 18.6. The molecule has 0 saturated heterocycles. The van der Waals surface area contributed by atoms with E-state index in [0.29, 0.717) is 17.1 Å². The van der Waals surface area contributed by atoms with Crippen LogP contribution < -0.4 is 0 Å². The van der Waals surface area contributed by atoms with Crippen molar-refractivity contribution in [2.24, 2.45) is 0 Å². The van der Waals surface area contributed by atoms with Crippen LogP contribution in [0.15, 0.2) is 84.9 Å². The second kappa shape index (κ2) is 7.19. The SMILES string of the molecule is N#Cc1cc(F)ccc1-c1cc(-c2ccccc2)nc(-c2ccccc2)n1. The van der Waals surface area contributed by atoms with Crippen LogP contribution in [0.25, 0.3) is 33.9 Å². The van der Waals surface area contributed by atoms with Crippen molar-refractivity contribution in [3.05, 3.63) is 96.3 Å². The third-order valence-electron chi connectivity index (χ3n) is 4.21. The lowest BCUT2D eigenvalue weighted by Gasteiger charge is -2.10. The fourth-order valence-corrected chi connectivity index (χ4v) is 2.89. The Morgan fingerprint density at radius 3 is 2.00 bits per heavy atom. The second-order valence-corrected chi connectivity index (χ2v) is 6.00. The molecule has 128 valence electrons. The van der Waals surface area contributed by atoms with Crippen molar-refractivity contribution in [1.82, 2.24) is 9.97 Å². The van der Waals surface area contributed by atoms with Gasteiger partial charge in [-0.15, -0.1) is 0 Å². The standard InChI is InChI=1S/C23H14FN3/c24-19-11-12-20(18(13-19)15-25)22-14-21(16-7-3-1-4-8-16)26-23(27-22)17-9-5-2-6-10-17/h1-14H. The first-order valence-corrected chi connectivity index (χ1v) is 8.44. The summed E-state index contributed by atoms with van der Waals surface area (Å²) in [6.07, 6.45) is 0. The molecule has 0 radical (unpaired) electrons. The Morgan fingerprint density at radius 2 is 1.33 bits per heavy atom. The number of nitrogens with zero attached hydrogens (tertiary/aromatic N) is 3. The number of nitriles is 1. The van der Waals surface area contributed by atoms with E-state index < -0.39 is 5.82 Å². The van der Waals surface area contributed by atoms with Gasteiger partial charge in [0.15, 0.2) is 5.82 Å². The van der Waals surface area contributed by atoms with Crippen molar-refractivity contribution in [3.8, 4) is 40.0 Å². The van der Waals surface area contributed by atoms with Crippen LogP contribution in [-0.4, -0.2) is 9.97 Å². The van der Waals surface area contributed by atoms with Crippen LogP contribution in [-0.2, 0) is 0 Å². The van der Waals surface area contributed by atoms with Gasteiger partial charge in [-0.2, -0.15) is 5.26 Å². The van der Waals surface area contributed by atoms with Crippen LogP contribution in [0.5, 0.6) is 0 Å². The molecule has 0 bridgehead atoms. The maximum Gasteiger partial charge on any atom is 0.160 e. The van der Waals surface area contributed by atoms with Crippen molar-refractivity contribution in [2.75, 3.05) is 0 Å². The highest BCUT2D eigenvalue weighted by Gasteiger charge is 2.13. The second-order valence-electron chi connectivity index (χ2n) is 6.00. The molecule has 4 heteroatoms. The molecule has 0 spiro atoms. The van der Waals surface area contributed by atoms with Crippen LogP contribution in [0.1, 0.15) is 5.56 Å². The Bertz CT molecular complexity index is 1080. The third kappa shape index (κ3) is 3.44. The zero-order valence-electron chi connectivity index (χ0n) is 14.3. The molecule has 4 rings (SSSR count). The molecule has 0 amide bonds. The Hall–Kier alpha value is -3.84. The summed E-state index contributed by atoms with van der Waals surface area (Å²) in [4.78, 5) is 9.36. The molecule has 0 atom stereocenters. The van der Waals surface area contributed by atoms with E-state index in [-0.39, 0.29) is 5.56 Å². The summed E-state index contributed by atoms with van der Waals surface area (Å²) in [7, 11) is 0. The van der Waals surface area contributed by atoms with Gasteiger partial charge in [0.05, 0.1) is 23.0 Å². The summed E-state index contributed by atoms with van der Waals surface area (Å²) < 4.78 is 13.6. The molecular weight excluding hydrogens is 337 g/mol. The van der Waals surface area contributed by atoms with Crippen LogP contribution in [0.2, 0.25) is 0 Å². The molecule has 0 unspecified atom stereocenters. The van der Waals surface area contributed by atoms with E-state index in [1.54, 1.807) is 6.07 Å². The lowest BCUT2D eigenvalue weighted by atomic mass is 10.0. The minimum Gasteiger partial charge on any atom is -0.228 e. The first-order chi connectivity index (χ1) is 13.2. The van der Waals surface area contributed by atoms with Gasteiger partial charge in [0.1, 0.15) is 5.82 Å². The molecule has 0 aliphatic heterocycles. The molecule has 1 aromatic heterocycles. The summed E-state index contributed by atoms with van der Waals surface area (Å²) in [5, 5.41) is 9.42. The van der Waals surface area contributed by atoms with E-state index in [2.05, 4.69) is 11.1 Å². The first kappa shape index (κ1) is 16.6. The highest BCUT2D eigenvalue weighted by Crippen LogP contribution is 2.29. The van der Waals surface area contributed by atoms with Gasteiger partial charge < -0.3 is 0 Å². The summed E-state index contributed by atoms with van der Waals surface area (Å²) >= 11 is 0. The van der Waals surface area contributed by atoms with E-state index in [1.165, 1.54) is 12.1 Å². The molecule has 27 heavy (non-hydrogen) atoms. The van der Waals surface area contributed by atoms with Crippen molar-refractivity contribution >= 4 is 0 Å². The van der Waals surface area contributed by atoms with Crippen LogP contribution in [0.3, 0.4) is 0 Å². The molecule has 0 aliphatic rings. The molecule has 0 fully saturated rings. The van der Waals surface area contributed by atoms with Crippen molar-refractivity contribution in [3.63, 3.8) is 0 Å². The zero-order valence-corrected chi connectivity index (χ0v) is 14.3. The van der Waals surface area contributed by atoms with Crippen molar-refractivity contribution < 1.29 is 4.39 Å². The summed E-state index contributed by atoms with van der Waals surface area (Å²) in [5.74, 6) is 0.107. The number of hydrogen-bond acceptors (Lipinski definition) is 3. The van der Waals surface area contributed by atoms with Gasteiger partial charge in [0, 0.05) is 16.7 Å². The topological polar surface area (TPSA) is 49.6 Å². The van der Waals surface area contributed by atoms with E-state index in [4.69, 9.17) is 4.98 Å². The highest BCUT2D eigenvalue weighted by molar-refractivity contribution is 5.74. The number of benzene rings is 3. The van der Waals surface area contributed by atoms with Gasteiger partial charge in [-0.1, -0.05) is 60.7 Å². The maximum atomic E-state index is 13.6. The number of rotatable bonds is 3. The Balaban J connectivity index is 1.96. The van der Waals surface area contributed by atoms with Crippen LogP contribution >= 0.6 is 0 Å². The van der Waals surface area contributed by atoms with Crippen molar-refractivity contribution in [2.45, 2.75) is 0 Å². The predicted octanol–water partition coefficient (Wildman–Crippen LogP) is 5.49. The average Bonchev–Trinajstić information content (AvgIpc) is 2.74. The molecule has 4 aromatic rings. The Labute approximate surface area is 156 Å². The summed E-state index contributed by atoms with van der Waals surface area (Å²) in [6.45, 7) is 0. The van der Waals surface area contributed by atoms with Crippen LogP contribution in [0, 0.1) is 17.1 Å². The smallest absolute Gasteiger partial charge is 0.160 e. The minimum absolute atomic E-state index is 0.242. The Kier molecular flexibility index (Phi) is 4.42. The lowest BCUT2D eigenvalue weighted by molar-refractivity contribution is 0.627. The van der Waals surface area contributed by atoms with Gasteiger partial charge in [-0.25, -0.2) is 14.4 Å². The van der Waals surface area contributed by atoms with E-state index >= 15 is 0 Å². The van der Waals surface area contributed by atoms with E-state index in [9.17, 15) is 9.65 Å². The fraction of sp³-hybridized carbons (Fsp3) is 0. The van der Waals surface area contributed by atoms with Gasteiger partial charge in [0.25, 0.3) is 0 Å². The van der Waals surface area contributed by atoms with Crippen molar-refractivity contribution in [1.29, 1.82) is 5.26 Å². The Morgan fingerprint density at radius 1 is 0.704 bits per heavy atom. The monoisotopic (exact) mass is 351 g/mol. The van der Waals surface area contributed by atoms with Gasteiger partial charge >= 0.3 is 0 Å².